The third-order valence-electron chi connectivity index (χ3n) is 6.73. The summed E-state index contributed by atoms with van der Waals surface area (Å²) in [5, 5.41) is 11.0. The molecule has 3 atom stereocenters. The van der Waals surface area contributed by atoms with Gasteiger partial charge in [0.1, 0.15) is 5.41 Å². The molecular weight excluding hydrogens is 350 g/mol. The Hall–Kier alpha value is -2.28. The van der Waals surface area contributed by atoms with E-state index in [1.165, 1.54) is 7.11 Å². The van der Waals surface area contributed by atoms with Gasteiger partial charge in [0.15, 0.2) is 17.6 Å². The van der Waals surface area contributed by atoms with Crippen LogP contribution in [-0.4, -0.2) is 55.9 Å². The fourth-order valence-electron chi connectivity index (χ4n) is 5.63. The van der Waals surface area contributed by atoms with E-state index >= 15 is 0 Å². The molecular formula is C20H25NO6. The normalized spacial score (nSPS) is 31.6. The summed E-state index contributed by atoms with van der Waals surface area (Å²) in [7, 11) is 4.46. The Morgan fingerprint density at radius 2 is 1.81 bits per heavy atom. The molecule has 1 aromatic rings. The molecule has 3 aliphatic rings. The van der Waals surface area contributed by atoms with Crippen molar-refractivity contribution in [2.45, 2.75) is 43.7 Å². The van der Waals surface area contributed by atoms with E-state index in [0.717, 1.165) is 24.0 Å². The Labute approximate surface area is 158 Å². The Morgan fingerprint density at radius 3 is 2.48 bits per heavy atom. The maximum absolute atomic E-state index is 13.0. The van der Waals surface area contributed by atoms with Crippen molar-refractivity contribution in [3.8, 4) is 11.5 Å². The quantitative estimate of drug-likeness (QED) is 0.804. The monoisotopic (exact) mass is 375 g/mol. The van der Waals surface area contributed by atoms with Gasteiger partial charge in [0.25, 0.3) is 5.91 Å². The standard InChI is InChI=1S/C20H25NO6/c1-25-14-10-12-6-9-21-17(23)16(22)19(18(24)27-3)7-4-5-8-20(19,21)13(12)11-15(14)26-2/h10-11,16,22H,4-9H2,1-3H3/t16-,19+,20-/m1/s1. The number of hydrogen-bond donors (Lipinski definition) is 1. The van der Waals surface area contributed by atoms with Gasteiger partial charge >= 0.3 is 5.97 Å². The van der Waals surface area contributed by atoms with Crippen molar-refractivity contribution < 1.29 is 28.9 Å². The molecule has 1 saturated carbocycles. The van der Waals surface area contributed by atoms with Crippen LogP contribution in [0.2, 0.25) is 0 Å². The third-order valence-corrected chi connectivity index (χ3v) is 6.73. The average Bonchev–Trinajstić information content (AvgIpc) is 2.91. The van der Waals surface area contributed by atoms with Crippen LogP contribution in [0.3, 0.4) is 0 Å². The van der Waals surface area contributed by atoms with Gasteiger partial charge in [0.05, 0.1) is 26.9 Å². The lowest BCUT2D eigenvalue weighted by Crippen LogP contribution is -2.61. The number of ether oxygens (including phenoxy) is 3. The van der Waals surface area contributed by atoms with E-state index in [1.807, 2.05) is 12.1 Å². The van der Waals surface area contributed by atoms with Gasteiger partial charge in [0.2, 0.25) is 0 Å². The van der Waals surface area contributed by atoms with Crippen molar-refractivity contribution >= 4 is 11.9 Å². The Bertz CT molecular complexity index is 808. The molecule has 1 N–H and O–H groups in total. The Kier molecular flexibility index (Phi) is 4.10. The van der Waals surface area contributed by atoms with Gasteiger partial charge in [-0.1, -0.05) is 12.8 Å². The van der Waals surface area contributed by atoms with Crippen molar-refractivity contribution in [2.75, 3.05) is 27.9 Å². The van der Waals surface area contributed by atoms with Gasteiger partial charge < -0.3 is 24.2 Å². The lowest BCUT2D eigenvalue weighted by Gasteiger charge is -2.53. The number of fused-ring (bicyclic) bond motifs is 1. The minimum Gasteiger partial charge on any atom is -0.493 e. The molecule has 1 aliphatic carbocycles. The minimum atomic E-state index is -1.40. The number of methoxy groups -OCH3 is 3. The third kappa shape index (κ3) is 2.00. The number of rotatable bonds is 3. The van der Waals surface area contributed by atoms with E-state index in [0.29, 0.717) is 37.3 Å². The summed E-state index contributed by atoms with van der Waals surface area (Å²) in [6.45, 7) is 0.455. The molecule has 1 aromatic carbocycles. The van der Waals surface area contributed by atoms with Crippen LogP contribution in [-0.2, 0) is 26.3 Å². The summed E-state index contributed by atoms with van der Waals surface area (Å²) in [6, 6.07) is 3.79. The molecule has 1 spiro atoms. The second-order valence-corrected chi connectivity index (χ2v) is 7.54. The van der Waals surface area contributed by atoms with Crippen molar-refractivity contribution in [1.29, 1.82) is 0 Å². The van der Waals surface area contributed by atoms with Gasteiger partial charge in [-0.2, -0.15) is 0 Å². The summed E-state index contributed by atoms with van der Waals surface area (Å²) in [5.74, 6) is 0.257. The van der Waals surface area contributed by atoms with Crippen LogP contribution in [0.15, 0.2) is 12.1 Å². The number of benzene rings is 1. The highest BCUT2D eigenvalue weighted by Gasteiger charge is 2.74. The predicted molar refractivity (Wildman–Crippen MR) is 95.6 cm³/mol. The average molecular weight is 375 g/mol. The summed E-state index contributed by atoms with van der Waals surface area (Å²) in [4.78, 5) is 27.8. The Morgan fingerprint density at radius 1 is 1.15 bits per heavy atom. The molecule has 27 heavy (non-hydrogen) atoms. The molecule has 146 valence electrons. The summed E-state index contributed by atoms with van der Waals surface area (Å²) >= 11 is 0. The number of amides is 1. The number of hydrogen-bond acceptors (Lipinski definition) is 6. The zero-order valence-electron chi connectivity index (χ0n) is 15.9. The van der Waals surface area contributed by atoms with E-state index in [4.69, 9.17) is 14.2 Å². The van der Waals surface area contributed by atoms with Gasteiger partial charge in [-0.3, -0.25) is 9.59 Å². The largest absolute Gasteiger partial charge is 0.493 e. The maximum Gasteiger partial charge on any atom is 0.317 e. The van der Waals surface area contributed by atoms with E-state index in [9.17, 15) is 14.7 Å². The molecule has 1 amide bonds. The van der Waals surface area contributed by atoms with E-state index in [-0.39, 0.29) is 5.91 Å². The maximum atomic E-state index is 13.0. The number of nitrogens with zero attached hydrogens (tertiary/aromatic N) is 1. The summed E-state index contributed by atoms with van der Waals surface area (Å²) < 4.78 is 16.1. The van der Waals surface area contributed by atoms with E-state index in [1.54, 1.807) is 19.1 Å². The molecule has 2 aliphatic heterocycles. The smallest absolute Gasteiger partial charge is 0.317 e. The van der Waals surface area contributed by atoms with Crippen LogP contribution in [0.1, 0.15) is 36.8 Å². The van der Waals surface area contributed by atoms with Gasteiger partial charge in [-0.15, -0.1) is 0 Å². The lowest BCUT2D eigenvalue weighted by molar-refractivity contribution is -0.172. The molecule has 0 unspecified atom stereocenters. The first-order chi connectivity index (χ1) is 13.0. The number of carbonyl (C=O) groups is 2. The van der Waals surface area contributed by atoms with Crippen molar-refractivity contribution in [3.63, 3.8) is 0 Å². The van der Waals surface area contributed by atoms with Crippen LogP contribution in [0, 0.1) is 5.41 Å². The molecule has 0 bridgehead atoms. The van der Waals surface area contributed by atoms with Gasteiger partial charge in [-0.05, 0) is 42.5 Å². The first-order valence-corrected chi connectivity index (χ1v) is 9.31. The topological polar surface area (TPSA) is 85.3 Å². The zero-order valence-corrected chi connectivity index (χ0v) is 15.9. The fourth-order valence-corrected chi connectivity index (χ4v) is 5.63. The highest BCUT2D eigenvalue weighted by Crippen LogP contribution is 2.63. The minimum absolute atomic E-state index is 0.386. The van der Waals surface area contributed by atoms with Crippen LogP contribution in [0.4, 0.5) is 0 Å². The van der Waals surface area contributed by atoms with Crippen LogP contribution in [0.5, 0.6) is 11.5 Å². The van der Waals surface area contributed by atoms with E-state index in [2.05, 4.69) is 0 Å². The molecule has 2 heterocycles. The second-order valence-electron chi connectivity index (χ2n) is 7.54. The Balaban J connectivity index is 2.03. The number of carbonyl (C=O) groups excluding carboxylic acids is 2. The van der Waals surface area contributed by atoms with Gasteiger partial charge in [-0.25, -0.2) is 0 Å². The number of esters is 1. The van der Waals surface area contributed by atoms with Crippen molar-refractivity contribution in [2.24, 2.45) is 5.41 Å². The van der Waals surface area contributed by atoms with Gasteiger partial charge in [0, 0.05) is 6.54 Å². The van der Waals surface area contributed by atoms with Crippen LogP contribution in [0.25, 0.3) is 0 Å². The molecule has 0 radical (unpaired) electrons. The second kappa shape index (κ2) is 6.12. The first-order valence-electron chi connectivity index (χ1n) is 9.31. The molecule has 2 fully saturated rings. The lowest BCUT2D eigenvalue weighted by atomic mass is 9.56. The summed E-state index contributed by atoms with van der Waals surface area (Å²) in [6.07, 6.45) is 1.88. The predicted octanol–water partition coefficient (Wildman–Crippen LogP) is 1.39. The number of aliphatic hydroxyl groups is 1. The highest BCUT2D eigenvalue weighted by atomic mass is 16.5. The first kappa shape index (κ1) is 18.1. The van der Waals surface area contributed by atoms with Crippen molar-refractivity contribution in [3.05, 3.63) is 23.3 Å². The molecule has 7 nitrogen and oxygen atoms in total. The van der Waals surface area contributed by atoms with Crippen LogP contribution < -0.4 is 9.47 Å². The molecule has 0 aromatic heterocycles. The fraction of sp³-hybridized carbons (Fsp3) is 0.600. The van der Waals surface area contributed by atoms with Crippen molar-refractivity contribution in [1.82, 2.24) is 4.90 Å². The highest BCUT2D eigenvalue weighted by molar-refractivity contribution is 5.97. The van der Waals surface area contributed by atoms with E-state index < -0.39 is 23.0 Å². The SMILES string of the molecule is COC(=O)[C@@]12CCCC[C@@]13c1cc(OC)c(OC)cc1CCN3C(=O)[C@H]2O. The molecule has 7 heteroatoms. The zero-order chi connectivity index (χ0) is 19.4. The molecule has 4 rings (SSSR count). The van der Waals surface area contributed by atoms with Crippen LogP contribution >= 0.6 is 0 Å². The molecule has 1 saturated heterocycles. The number of aliphatic hydroxyl groups excluding tert-OH is 1. The summed E-state index contributed by atoms with van der Waals surface area (Å²) in [5.41, 5.74) is -0.337.